The number of halogens is 1. The van der Waals surface area contributed by atoms with E-state index in [1.807, 2.05) is 12.1 Å². The third-order valence-electron chi connectivity index (χ3n) is 3.49. The van der Waals surface area contributed by atoms with Gasteiger partial charge in [-0.15, -0.1) is 0 Å². The Kier molecular flexibility index (Phi) is 4.14. The quantitative estimate of drug-likeness (QED) is 0.908. The normalized spacial score (nSPS) is 18.6. The number of hydrogen-bond donors (Lipinski definition) is 1. The van der Waals surface area contributed by atoms with Gasteiger partial charge < -0.3 is 14.5 Å². The molecule has 0 radical (unpaired) electrons. The summed E-state index contributed by atoms with van der Waals surface area (Å²) in [5.41, 5.74) is 0.886. The standard InChI is InChI=1S/C16H18FNO2/c17-13-5-3-12(4-6-13)16-8-7-15(20-16)11-18-10-14-2-1-9-19-14/h3-8,14,18H,1-2,9-11H2/t14-/m1/s1. The maximum absolute atomic E-state index is 12.9. The highest BCUT2D eigenvalue weighted by atomic mass is 19.1. The molecule has 1 aromatic heterocycles. The SMILES string of the molecule is Fc1ccc(-c2ccc(CNC[C@H]3CCCO3)o2)cc1. The molecule has 3 rings (SSSR count). The lowest BCUT2D eigenvalue weighted by atomic mass is 10.2. The Hall–Kier alpha value is -1.65. The van der Waals surface area contributed by atoms with Gasteiger partial charge in [-0.2, -0.15) is 0 Å². The van der Waals surface area contributed by atoms with Gasteiger partial charge in [0.1, 0.15) is 17.3 Å². The number of rotatable bonds is 5. The van der Waals surface area contributed by atoms with Crippen LogP contribution in [0.4, 0.5) is 4.39 Å². The van der Waals surface area contributed by atoms with Crippen LogP contribution in [0.3, 0.4) is 0 Å². The summed E-state index contributed by atoms with van der Waals surface area (Å²) in [6, 6.07) is 10.2. The van der Waals surface area contributed by atoms with E-state index >= 15 is 0 Å². The van der Waals surface area contributed by atoms with E-state index in [0.29, 0.717) is 12.6 Å². The molecule has 0 amide bonds. The van der Waals surface area contributed by atoms with Crippen LogP contribution in [0.5, 0.6) is 0 Å². The fourth-order valence-corrected chi connectivity index (χ4v) is 2.40. The van der Waals surface area contributed by atoms with Gasteiger partial charge in [0, 0.05) is 18.7 Å². The zero-order chi connectivity index (χ0) is 13.8. The fraction of sp³-hybridized carbons (Fsp3) is 0.375. The molecule has 20 heavy (non-hydrogen) atoms. The van der Waals surface area contributed by atoms with Crippen LogP contribution in [-0.4, -0.2) is 19.3 Å². The molecule has 1 aliphatic rings. The van der Waals surface area contributed by atoms with E-state index in [4.69, 9.17) is 9.15 Å². The first-order valence-corrected chi connectivity index (χ1v) is 6.98. The Bertz CT molecular complexity index is 544. The summed E-state index contributed by atoms with van der Waals surface area (Å²) in [6.07, 6.45) is 2.62. The van der Waals surface area contributed by atoms with Gasteiger partial charge >= 0.3 is 0 Å². The van der Waals surface area contributed by atoms with E-state index in [-0.39, 0.29) is 5.82 Å². The van der Waals surface area contributed by atoms with Crippen LogP contribution >= 0.6 is 0 Å². The van der Waals surface area contributed by atoms with Crippen LogP contribution in [0.25, 0.3) is 11.3 Å². The van der Waals surface area contributed by atoms with Crippen molar-refractivity contribution in [1.82, 2.24) is 5.32 Å². The number of furan rings is 1. The molecule has 2 heterocycles. The maximum Gasteiger partial charge on any atom is 0.134 e. The number of nitrogens with one attached hydrogen (secondary N) is 1. The fourth-order valence-electron chi connectivity index (χ4n) is 2.40. The topological polar surface area (TPSA) is 34.4 Å². The van der Waals surface area contributed by atoms with Crippen LogP contribution in [0, 0.1) is 5.82 Å². The van der Waals surface area contributed by atoms with Crippen molar-refractivity contribution in [2.45, 2.75) is 25.5 Å². The summed E-state index contributed by atoms with van der Waals surface area (Å²) in [7, 11) is 0. The summed E-state index contributed by atoms with van der Waals surface area (Å²) >= 11 is 0. The van der Waals surface area contributed by atoms with Gasteiger partial charge in [0.2, 0.25) is 0 Å². The highest BCUT2D eigenvalue weighted by Crippen LogP contribution is 2.22. The first-order chi connectivity index (χ1) is 9.81. The van der Waals surface area contributed by atoms with Crippen LogP contribution in [0.15, 0.2) is 40.8 Å². The van der Waals surface area contributed by atoms with Crippen molar-refractivity contribution in [1.29, 1.82) is 0 Å². The Balaban J connectivity index is 1.55. The monoisotopic (exact) mass is 275 g/mol. The van der Waals surface area contributed by atoms with Gasteiger partial charge in [0.15, 0.2) is 0 Å². The second-order valence-electron chi connectivity index (χ2n) is 5.04. The minimum absolute atomic E-state index is 0.237. The molecule has 1 aromatic carbocycles. The summed E-state index contributed by atoms with van der Waals surface area (Å²) in [4.78, 5) is 0. The van der Waals surface area contributed by atoms with Crippen molar-refractivity contribution in [2.75, 3.05) is 13.2 Å². The summed E-state index contributed by atoms with van der Waals surface area (Å²) in [5.74, 6) is 1.40. The first kappa shape index (κ1) is 13.3. The Labute approximate surface area is 117 Å². The maximum atomic E-state index is 12.9. The average molecular weight is 275 g/mol. The molecule has 1 aliphatic heterocycles. The van der Waals surface area contributed by atoms with Crippen LogP contribution < -0.4 is 5.32 Å². The Morgan fingerprint density at radius 2 is 2.00 bits per heavy atom. The van der Waals surface area contributed by atoms with Crippen molar-refractivity contribution in [3.8, 4) is 11.3 Å². The number of hydrogen-bond acceptors (Lipinski definition) is 3. The molecule has 1 N–H and O–H groups in total. The highest BCUT2D eigenvalue weighted by molar-refractivity contribution is 5.57. The number of benzene rings is 1. The predicted octanol–water partition coefficient (Wildman–Crippen LogP) is 3.35. The lowest BCUT2D eigenvalue weighted by molar-refractivity contribution is 0.109. The molecule has 0 spiro atoms. The smallest absolute Gasteiger partial charge is 0.134 e. The third kappa shape index (κ3) is 3.26. The van der Waals surface area contributed by atoms with Crippen molar-refractivity contribution < 1.29 is 13.5 Å². The van der Waals surface area contributed by atoms with Gasteiger partial charge in [-0.25, -0.2) is 4.39 Å². The van der Waals surface area contributed by atoms with Gasteiger partial charge in [-0.1, -0.05) is 0 Å². The van der Waals surface area contributed by atoms with Gasteiger partial charge in [0.05, 0.1) is 12.6 Å². The van der Waals surface area contributed by atoms with E-state index in [1.165, 1.54) is 12.1 Å². The molecular formula is C16H18FNO2. The van der Waals surface area contributed by atoms with Crippen molar-refractivity contribution in [3.05, 3.63) is 48.0 Å². The van der Waals surface area contributed by atoms with Crippen LogP contribution in [-0.2, 0) is 11.3 Å². The molecule has 0 saturated carbocycles. The minimum Gasteiger partial charge on any atom is -0.460 e. The predicted molar refractivity (Wildman–Crippen MR) is 74.8 cm³/mol. The zero-order valence-electron chi connectivity index (χ0n) is 11.3. The number of ether oxygens (including phenoxy) is 1. The molecule has 106 valence electrons. The van der Waals surface area contributed by atoms with Crippen LogP contribution in [0.1, 0.15) is 18.6 Å². The van der Waals surface area contributed by atoms with E-state index in [1.54, 1.807) is 12.1 Å². The molecule has 2 aromatic rings. The summed E-state index contributed by atoms with van der Waals surface area (Å²) < 4.78 is 24.2. The summed E-state index contributed by atoms with van der Waals surface area (Å²) in [5, 5.41) is 3.34. The molecular weight excluding hydrogens is 257 g/mol. The van der Waals surface area contributed by atoms with E-state index in [2.05, 4.69) is 5.32 Å². The highest BCUT2D eigenvalue weighted by Gasteiger charge is 2.14. The second-order valence-corrected chi connectivity index (χ2v) is 5.04. The minimum atomic E-state index is -0.237. The molecule has 4 heteroatoms. The Morgan fingerprint density at radius 1 is 1.15 bits per heavy atom. The van der Waals surface area contributed by atoms with Crippen LogP contribution in [0.2, 0.25) is 0 Å². The molecule has 0 unspecified atom stereocenters. The lowest BCUT2D eigenvalue weighted by Crippen LogP contribution is -2.25. The summed E-state index contributed by atoms with van der Waals surface area (Å²) in [6.45, 7) is 2.41. The van der Waals surface area contributed by atoms with Crippen molar-refractivity contribution >= 4 is 0 Å². The average Bonchev–Trinajstić information content (AvgIpc) is 3.11. The largest absolute Gasteiger partial charge is 0.460 e. The van der Waals surface area contributed by atoms with E-state index in [0.717, 1.165) is 43.1 Å². The van der Waals surface area contributed by atoms with E-state index in [9.17, 15) is 4.39 Å². The molecule has 0 bridgehead atoms. The lowest BCUT2D eigenvalue weighted by Gasteiger charge is -2.09. The molecule has 0 aliphatic carbocycles. The van der Waals surface area contributed by atoms with Crippen molar-refractivity contribution in [3.63, 3.8) is 0 Å². The van der Waals surface area contributed by atoms with Crippen molar-refractivity contribution in [2.24, 2.45) is 0 Å². The van der Waals surface area contributed by atoms with Gasteiger partial charge in [-0.3, -0.25) is 0 Å². The third-order valence-corrected chi connectivity index (χ3v) is 3.49. The van der Waals surface area contributed by atoms with Gasteiger partial charge in [-0.05, 0) is 49.2 Å². The van der Waals surface area contributed by atoms with E-state index < -0.39 is 0 Å². The Morgan fingerprint density at radius 3 is 2.75 bits per heavy atom. The molecule has 3 nitrogen and oxygen atoms in total. The molecule has 1 saturated heterocycles. The molecule has 1 atom stereocenters. The van der Waals surface area contributed by atoms with Gasteiger partial charge in [0.25, 0.3) is 0 Å². The zero-order valence-corrected chi connectivity index (χ0v) is 11.3. The first-order valence-electron chi connectivity index (χ1n) is 6.98. The second kappa shape index (κ2) is 6.20. The molecule has 1 fully saturated rings.